The Kier molecular flexibility index (Phi) is 6.21. The first-order chi connectivity index (χ1) is 11.9. The van der Waals surface area contributed by atoms with E-state index < -0.39 is 17.1 Å². The smallest absolute Gasteiger partial charge is 0.291 e. The summed E-state index contributed by atoms with van der Waals surface area (Å²) in [5.41, 5.74) is 0.145. The third-order valence-electron chi connectivity index (χ3n) is 3.86. The molecule has 136 valence electrons. The molecule has 0 bridgehead atoms. The SMILES string of the molecule is COC1(OC)C=CC(C=Cn2ncc(Cl)c(Cl)c2=O)=CC1(OC)OC. The second-order valence-corrected chi connectivity index (χ2v) is 5.79. The maximum atomic E-state index is 12.0. The van der Waals surface area contributed by atoms with Crippen LogP contribution in [0.5, 0.6) is 0 Å². The van der Waals surface area contributed by atoms with Crippen molar-refractivity contribution < 1.29 is 18.9 Å². The lowest BCUT2D eigenvalue weighted by Crippen LogP contribution is -2.58. The van der Waals surface area contributed by atoms with Gasteiger partial charge in [-0.1, -0.05) is 29.3 Å². The lowest BCUT2D eigenvalue weighted by atomic mass is 9.94. The van der Waals surface area contributed by atoms with E-state index in [0.717, 1.165) is 4.68 Å². The Hall–Kier alpha value is -1.48. The first-order valence-corrected chi connectivity index (χ1v) is 7.88. The Morgan fingerprint density at radius 2 is 1.68 bits per heavy atom. The maximum absolute atomic E-state index is 12.0. The lowest BCUT2D eigenvalue weighted by molar-refractivity contribution is -0.345. The highest BCUT2D eigenvalue weighted by molar-refractivity contribution is 6.41. The van der Waals surface area contributed by atoms with Crippen LogP contribution in [0.2, 0.25) is 10.0 Å². The minimum atomic E-state index is -1.32. The molecular weight excluding hydrogens is 371 g/mol. The summed E-state index contributed by atoms with van der Waals surface area (Å²) in [6, 6.07) is 0. The van der Waals surface area contributed by atoms with Crippen LogP contribution in [0.3, 0.4) is 0 Å². The number of halogens is 2. The van der Waals surface area contributed by atoms with Crippen molar-refractivity contribution in [2.45, 2.75) is 11.6 Å². The van der Waals surface area contributed by atoms with Crippen molar-refractivity contribution in [1.82, 2.24) is 9.78 Å². The van der Waals surface area contributed by atoms with Gasteiger partial charge in [0.15, 0.2) is 0 Å². The standard InChI is InChI=1S/C16H18Cl2N2O5/c1-22-15(23-2)7-5-11(9-16(15,24-3)25-4)6-8-20-14(21)13(18)12(17)10-19-20/h5-10H,1-4H3. The molecule has 0 fully saturated rings. The molecule has 0 spiro atoms. The molecule has 0 radical (unpaired) electrons. The summed E-state index contributed by atoms with van der Waals surface area (Å²) in [6.45, 7) is 0. The van der Waals surface area contributed by atoms with Crippen LogP contribution >= 0.6 is 23.2 Å². The van der Waals surface area contributed by atoms with E-state index >= 15 is 0 Å². The topological polar surface area (TPSA) is 71.8 Å². The molecule has 1 aliphatic rings. The third kappa shape index (κ3) is 3.44. The van der Waals surface area contributed by atoms with Gasteiger partial charge in [0.2, 0.25) is 11.6 Å². The Bertz CT molecular complexity index is 777. The van der Waals surface area contributed by atoms with E-state index in [4.69, 9.17) is 42.1 Å². The molecule has 0 N–H and O–H groups in total. The quantitative estimate of drug-likeness (QED) is 0.697. The fourth-order valence-electron chi connectivity index (χ4n) is 2.47. The van der Waals surface area contributed by atoms with Gasteiger partial charge >= 0.3 is 0 Å². The first kappa shape index (κ1) is 19.8. The normalized spacial score (nSPS) is 18.6. The Morgan fingerprint density at radius 3 is 2.24 bits per heavy atom. The highest BCUT2D eigenvalue weighted by Crippen LogP contribution is 2.38. The van der Waals surface area contributed by atoms with E-state index in [1.54, 1.807) is 24.3 Å². The van der Waals surface area contributed by atoms with Gasteiger partial charge < -0.3 is 18.9 Å². The number of aromatic nitrogens is 2. The minimum absolute atomic E-state index is 0.0934. The number of methoxy groups -OCH3 is 4. The van der Waals surface area contributed by atoms with E-state index in [1.807, 2.05) is 0 Å². The summed E-state index contributed by atoms with van der Waals surface area (Å²) in [7, 11) is 5.90. The van der Waals surface area contributed by atoms with Crippen LogP contribution in [0.4, 0.5) is 0 Å². The van der Waals surface area contributed by atoms with Crippen LogP contribution in [-0.4, -0.2) is 49.8 Å². The zero-order valence-corrected chi connectivity index (χ0v) is 15.7. The molecule has 0 saturated carbocycles. The van der Waals surface area contributed by atoms with Crippen LogP contribution < -0.4 is 5.56 Å². The van der Waals surface area contributed by atoms with Crippen molar-refractivity contribution in [2.24, 2.45) is 0 Å². The van der Waals surface area contributed by atoms with Crippen molar-refractivity contribution in [3.63, 3.8) is 0 Å². The molecule has 0 aliphatic heterocycles. The van der Waals surface area contributed by atoms with Crippen LogP contribution in [-0.2, 0) is 18.9 Å². The van der Waals surface area contributed by atoms with Gasteiger partial charge in [0.25, 0.3) is 5.56 Å². The highest BCUT2D eigenvalue weighted by atomic mass is 35.5. The van der Waals surface area contributed by atoms with Gasteiger partial charge in [-0.15, -0.1) is 0 Å². The monoisotopic (exact) mass is 388 g/mol. The largest absolute Gasteiger partial charge is 0.345 e. The molecule has 0 amide bonds. The average molecular weight is 389 g/mol. The number of nitrogens with zero attached hydrogens (tertiary/aromatic N) is 2. The van der Waals surface area contributed by atoms with Gasteiger partial charge in [-0.3, -0.25) is 4.79 Å². The van der Waals surface area contributed by atoms with Crippen LogP contribution in [0.1, 0.15) is 0 Å². The van der Waals surface area contributed by atoms with Crippen molar-refractivity contribution >= 4 is 29.4 Å². The number of allylic oxidation sites excluding steroid dienone is 3. The van der Waals surface area contributed by atoms with E-state index in [0.29, 0.717) is 5.57 Å². The van der Waals surface area contributed by atoms with Gasteiger partial charge in [-0.05, 0) is 23.8 Å². The molecule has 0 aromatic carbocycles. The molecule has 1 heterocycles. The average Bonchev–Trinajstić information content (AvgIpc) is 2.65. The third-order valence-corrected chi connectivity index (χ3v) is 4.61. The number of rotatable bonds is 6. The Balaban J connectivity index is 2.42. The molecule has 2 rings (SSSR count). The van der Waals surface area contributed by atoms with E-state index in [1.165, 1.54) is 40.8 Å². The summed E-state index contributed by atoms with van der Waals surface area (Å²) < 4.78 is 23.0. The maximum Gasteiger partial charge on any atom is 0.291 e. The van der Waals surface area contributed by atoms with Crippen molar-refractivity contribution in [1.29, 1.82) is 0 Å². The van der Waals surface area contributed by atoms with E-state index in [2.05, 4.69) is 5.10 Å². The number of ether oxygens (including phenoxy) is 4. The fraction of sp³-hybridized carbons (Fsp3) is 0.375. The Labute approximate surface area is 155 Å². The molecule has 7 nitrogen and oxygen atoms in total. The molecular formula is C16H18Cl2N2O5. The second-order valence-electron chi connectivity index (χ2n) is 5.00. The molecule has 1 aromatic rings. The summed E-state index contributed by atoms with van der Waals surface area (Å²) in [5.74, 6) is -2.58. The summed E-state index contributed by atoms with van der Waals surface area (Å²) in [5, 5.41) is 3.89. The Morgan fingerprint density at radius 1 is 1.08 bits per heavy atom. The summed E-state index contributed by atoms with van der Waals surface area (Å²) in [4.78, 5) is 12.0. The van der Waals surface area contributed by atoms with Crippen molar-refractivity contribution in [3.8, 4) is 0 Å². The molecule has 25 heavy (non-hydrogen) atoms. The molecule has 0 atom stereocenters. The van der Waals surface area contributed by atoms with Gasteiger partial charge in [0, 0.05) is 34.6 Å². The van der Waals surface area contributed by atoms with Gasteiger partial charge in [0.1, 0.15) is 5.02 Å². The fourth-order valence-corrected chi connectivity index (χ4v) is 2.73. The zero-order valence-electron chi connectivity index (χ0n) is 14.2. The van der Waals surface area contributed by atoms with Crippen LogP contribution in [0.15, 0.2) is 40.9 Å². The number of hydrogen-bond donors (Lipinski definition) is 0. The van der Waals surface area contributed by atoms with E-state index in [9.17, 15) is 4.79 Å². The summed E-state index contributed by atoms with van der Waals surface area (Å²) in [6.07, 6.45) is 9.43. The van der Waals surface area contributed by atoms with Crippen LogP contribution in [0.25, 0.3) is 6.20 Å². The molecule has 0 unspecified atom stereocenters. The second kappa shape index (κ2) is 7.82. The van der Waals surface area contributed by atoms with Gasteiger partial charge in [-0.25, -0.2) is 4.68 Å². The summed E-state index contributed by atoms with van der Waals surface area (Å²) >= 11 is 11.6. The minimum Gasteiger partial charge on any atom is -0.345 e. The van der Waals surface area contributed by atoms with E-state index in [-0.39, 0.29) is 10.0 Å². The highest BCUT2D eigenvalue weighted by Gasteiger charge is 2.53. The molecule has 1 aromatic heterocycles. The van der Waals surface area contributed by atoms with Gasteiger partial charge in [-0.2, -0.15) is 5.10 Å². The van der Waals surface area contributed by atoms with Gasteiger partial charge in [0.05, 0.1) is 11.2 Å². The lowest BCUT2D eigenvalue weighted by Gasteiger charge is -2.44. The zero-order chi connectivity index (χ0) is 18.7. The molecule has 0 saturated heterocycles. The predicted molar refractivity (Wildman–Crippen MR) is 94.6 cm³/mol. The predicted octanol–water partition coefficient (Wildman–Crippen LogP) is 2.50. The number of hydrogen-bond acceptors (Lipinski definition) is 6. The van der Waals surface area contributed by atoms with Crippen molar-refractivity contribution in [3.05, 3.63) is 56.5 Å². The first-order valence-electron chi connectivity index (χ1n) is 7.12. The molecule has 9 heteroatoms. The molecule has 1 aliphatic carbocycles. The van der Waals surface area contributed by atoms with Crippen molar-refractivity contribution in [2.75, 3.05) is 28.4 Å². The van der Waals surface area contributed by atoms with Crippen LogP contribution in [0, 0.1) is 0 Å².